The summed E-state index contributed by atoms with van der Waals surface area (Å²) < 4.78 is 45.5. The number of fused-ring (bicyclic) bond motifs is 7. The van der Waals surface area contributed by atoms with E-state index in [-0.39, 0.29) is 25.9 Å². The van der Waals surface area contributed by atoms with Crippen molar-refractivity contribution < 1.29 is 36.1 Å². The van der Waals surface area contributed by atoms with Gasteiger partial charge in [-0.25, -0.2) is 0 Å². The molecule has 0 fully saturated rings. The zero-order valence-corrected chi connectivity index (χ0v) is 37.0. The molecule has 0 aliphatic carbocycles. The second kappa shape index (κ2) is 16.3. The summed E-state index contributed by atoms with van der Waals surface area (Å²) in [6.07, 6.45) is 0.140. The topological polar surface area (TPSA) is 57.0 Å². The van der Waals surface area contributed by atoms with Crippen LogP contribution < -0.4 is 0 Å². The van der Waals surface area contributed by atoms with Crippen LogP contribution in [0.3, 0.4) is 0 Å². The second-order valence-electron chi connectivity index (χ2n) is 16.7. The van der Waals surface area contributed by atoms with Gasteiger partial charge < -0.3 is 18.4 Å². The van der Waals surface area contributed by atoms with Gasteiger partial charge in [-0.2, -0.15) is 0 Å². The average molecular weight is 970 g/mol. The molecule has 0 saturated carbocycles. The van der Waals surface area contributed by atoms with Crippen LogP contribution in [0.5, 0.6) is 0 Å². The number of hydrogen-bond donors (Lipinski definition) is 0. The molecule has 0 unspecified atom stereocenters. The third kappa shape index (κ3) is 7.69. The minimum Gasteiger partial charge on any atom is -0.501 e. The third-order valence-corrected chi connectivity index (χ3v) is 10.6. The number of furan rings is 2. The van der Waals surface area contributed by atoms with Crippen molar-refractivity contribution in [1.29, 1.82) is 0 Å². The van der Waals surface area contributed by atoms with Crippen LogP contribution in [0.1, 0.15) is 79.7 Å². The Bertz CT molecular complexity index is 3220. The number of imidazole rings is 1. The summed E-state index contributed by atoms with van der Waals surface area (Å²) in [4.78, 5) is 9.43. The summed E-state index contributed by atoms with van der Waals surface area (Å²) in [5.41, 5.74) is 11.0. The van der Waals surface area contributed by atoms with E-state index in [2.05, 4.69) is 73.6 Å². The van der Waals surface area contributed by atoms with E-state index in [1.807, 2.05) is 93.6 Å². The molecule has 0 N–H and O–H groups in total. The second-order valence-corrected chi connectivity index (χ2v) is 16.7. The molecule has 0 saturated heterocycles. The van der Waals surface area contributed by atoms with Crippen LogP contribution in [0, 0.1) is 23.4 Å². The van der Waals surface area contributed by atoms with Gasteiger partial charge in [0.25, 0.3) is 0 Å². The van der Waals surface area contributed by atoms with Gasteiger partial charge in [0.2, 0.25) is 0 Å². The van der Waals surface area contributed by atoms with E-state index in [9.17, 15) is 4.39 Å². The molecule has 5 nitrogen and oxygen atoms in total. The number of aromatic nitrogens is 3. The Kier molecular flexibility index (Phi) is 10.4. The Labute approximate surface area is 366 Å². The Hall–Kier alpha value is -5.88. The van der Waals surface area contributed by atoms with Crippen molar-refractivity contribution in [2.45, 2.75) is 66.7 Å². The van der Waals surface area contributed by atoms with Crippen LogP contribution in [-0.2, 0) is 26.5 Å². The van der Waals surface area contributed by atoms with Gasteiger partial charge in [-0.05, 0) is 76.8 Å². The molecule has 0 aliphatic heterocycles. The van der Waals surface area contributed by atoms with Gasteiger partial charge in [-0.15, -0.1) is 48.0 Å². The summed E-state index contributed by atoms with van der Waals surface area (Å²) >= 11 is 0. The molecule has 0 bridgehead atoms. The van der Waals surface area contributed by atoms with Crippen LogP contribution in [0.15, 0.2) is 136 Å². The standard InChI is InChI=1S/C28H22NO2.C25H24FN2.Ir/c1-28(2,3)16-17-11-12-29-23(13-17)20-9-6-8-19-22-15-25-21(14-26(22)31-27(19)20)18-7-4-5-10-24(18)30-25;1-16(2)20-8-7-9-21(17(3)4)24(20)28-23-11-6-5-10-22(23)27-25(28)18-12-14-19(26)15-13-18;/h4-8,10-15H,16H2,1-3H3;5-12,14-17H,1-4H3;/q2*-1;/i16D2;;. The Morgan fingerprint density at radius 2 is 1.43 bits per heavy atom. The fourth-order valence-electron chi connectivity index (χ4n) is 7.97. The first kappa shape index (κ1) is 38.3. The molecule has 7 heteroatoms. The van der Waals surface area contributed by atoms with Crippen LogP contribution in [0.2, 0.25) is 0 Å². The third-order valence-electron chi connectivity index (χ3n) is 10.6. The maximum absolute atomic E-state index is 13.5. The first-order valence-corrected chi connectivity index (χ1v) is 20.1. The van der Waals surface area contributed by atoms with Crippen molar-refractivity contribution in [2.75, 3.05) is 0 Å². The number of pyridine rings is 1. The maximum atomic E-state index is 13.5. The van der Waals surface area contributed by atoms with Gasteiger partial charge in [0, 0.05) is 56.7 Å². The normalized spacial score (nSPS) is 12.6. The molecule has 4 heterocycles. The van der Waals surface area contributed by atoms with E-state index in [0.29, 0.717) is 28.7 Å². The smallest absolute Gasteiger partial charge is 0.136 e. The van der Waals surface area contributed by atoms with Crippen molar-refractivity contribution in [3.05, 3.63) is 162 Å². The Morgan fingerprint density at radius 3 is 2.15 bits per heavy atom. The van der Waals surface area contributed by atoms with E-state index in [0.717, 1.165) is 66.3 Å². The molecule has 1 radical (unpaired) electrons. The minimum absolute atomic E-state index is 0. The van der Waals surface area contributed by atoms with Crippen LogP contribution in [-0.4, -0.2) is 14.5 Å². The predicted octanol–water partition coefficient (Wildman–Crippen LogP) is 14.8. The molecule has 4 aromatic heterocycles. The Morgan fingerprint density at radius 1 is 0.733 bits per heavy atom. The van der Waals surface area contributed by atoms with Crippen LogP contribution in [0.4, 0.5) is 4.39 Å². The molecule has 6 aromatic carbocycles. The van der Waals surface area contributed by atoms with Gasteiger partial charge in [0.1, 0.15) is 16.7 Å². The van der Waals surface area contributed by atoms with E-state index >= 15 is 0 Å². The van der Waals surface area contributed by atoms with Crippen molar-refractivity contribution in [3.8, 4) is 28.3 Å². The number of halogens is 1. The molecule has 0 atom stereocenters. The first-order valence-electron chi connectivity index (χ1n) is 21.1. The van der Waals surface area contributed by atoms with E-state index in [1.165, 1.54) is 28.9 Å². The molecule has 0 amide bonds. The van der Waals surface area contributed by atoms with Gasteiger partial charge >= 0.3 is 0 Å². The molecule has 10 rings (SSSR count). The largest absolute Gasteiger partial charge is 0.501 e. The molecule has 0 spiro atoms. The number of para-hydroxylation sites is 4. The summed E-state index contributed by atoms with van der Waals surface area (Å²) in [6.45, 7) is 14.6. The van der Waals surface area contributed by atoms with Crippen molar-refractivity contribution in [1.82, 2.24) is 14.5 Å². The number of nitrogens with zero attached hydrogens (tertiary/aromatic N) is 3. The Balaban J connectivity index is 0.000000170. The van der Waals surface area contributed by atoms with E-state index < -0.39 is 11.8 Å². The number of hydrogen-bond acceptors (Lipinski definition) is 4. The van der Waals surface area contributed by atoms with Crippen molar-refractivity contribution >= 4 is 54.9 Å². The molecular weight excluding hydrogens is 922 g/mol. The number of rotatable bonds is 6. The molecule has 10 aromatic rings. The molecule has 0 aliphatic rings. The quantitative estimate of drug-likeness (QED) is 0.156. The van der Waals surface area contributed by atoms with Crippen molar-refractivity contribution in [2.24, 2.45) is 5.41 Å². The fourth-order valence-corrected chi connectivity index (χ4v) is 7.97. The zero-order chi connectivity index (χ0) is 42.8. The number of benzene rings is 6. The monoisotopic (exact) mass is 970 g/mol. The SMILES string of the molecule is CC(C)c1cccc(C(C)C)c1-n1c(-c2[c-]cc(F)cc2)nc2ccccc21.[2H]C([2H])(c1ccnc(-c2[c-]ccc3c2oc2cc4c(cc23)oc2ccccc24)c1)C(C)(C)C.[Ir]. The summed E-state index contributed by atoms with van der Waals surface area (Å²) in [5, 5.41) is 3.99. The summed E-state index contributed by atoms with van der Waals surface area (Å²) in [5.74, 6) is 1.22. The summed E-state index contributed by atoms with van der Waals surface area (Å²) in [6, 6.07) is 45.0. The van der Waals surface area contributed by atoms with Crippen molar-refractivity contribution in [3.63, 3.8) is 0 Å². The van der Waals surface area contributed by atoms with Gasteiger partial charge in [-0.1, -0.05) is 120 Å². The maximum Gasteiger partial charge on any atom is 0.136 e. The van der Waals surface area contributed by atoms with Gasteiger partial charge in [-0.3, -0.25) is 9.37 Å². The van der Waals surface area contributed by atoms with E-state index in [4.69, 9.17) is 16.6 Å². The summed E-state index contributed by atoms with van der Waals surface area (Å²) in [7, 11) is 0. The predicted molar refractivity (Wildman–Crippen MR) is 240 cm³/mol. The fraction of sp³-hybridized carbons (Fsp3) is 0.208. The molecule has 60 heavy (non-hydrogen) atoms. The average Bonchev–Trinajstić information content (AvgIpc) is 3.93. The van der Waals surface area contributed by atoms with Gasteiger partial charge in [0.05, 0.1) is 22.4 Å². The van der Waals surface area contributed by atoms with E-state index in [1.54, 1.807) is 18.3 Å². The molecular formula is C53H46FIrN3O2-2. The zero-order valence-electron chi connectivity index (χ0n) is 36.6. The van der Waals surface area contributed by atoms with Gasteiger partial charge in [0.15, 0.2) is 0 Å². The van der Waals surface area contributed by atoms with Crippen LogP contribution >= 0.6 is 0 Å². The molecule has 303 valence electrons. The minimum atomic E-state index is -1.52. The first-order chi connectivity index (χ1) is 29.2. The van der Waals surface area contributed by atoms with Crippen LogP contribution in [0.25, 0.3) is 83.2 Å².